The molecule has 0 unspecified atom stereocenters. The zero-order valence-corrected chi connectivity index (χ0v) is 18.0. The molecule has 2 aromatic rings. The third-order valence-electron chi connectivity index (χ3n) is 3.91. The van der Waals surface area contributed by atoms with Crippen LogP contribution in [0.25, 0.3) is 0 Å². The maximum atomic E-state index is 12.3. The minimum atomic E-state index is -0.669. The monoisotopic (exact) mass is 439 g/mol. The van der Waals surface area contributed by atoms with Crippen molar-refractivity contribution in [3.05, 3.63) is 52.0 Å². The number of rotatable bonds is 9. The van der Waals surface area contributed by atoms with Gasteiger partial charge in [0.1, 0.15) is 0 Å². The molecular formula is C21H23Cl2NO5. The minimum absolute atomic E-state index is 0.238. The number of nitrogens with one attached hydrogen (secondary N) is 1. The molecule has 0 heterocycles. The van der Waals surface area contributed by atoms with Gasteiger partial charge in [-0.3, -0.25) is 4.79 Å². The second-order valence-electron chi connectivity index (χ2n) is 6.62. The number of ether oxygens (including phenoxy) is 3. The molecule has 1 N–H and O–H groups in total. The smallest absolute Gasteiger partial charge is 0.338 e. The van der Waals surface area contributed by atoms with E-state index in [2.05, 4.69) is 19.2 Å². The zero-order valence-electron chi connectivity index (χ0n) is 16.5. The molecule has 0 radical (unpaired) electrons. The van der Waals surface area contributed by atoms with Gasteiger partial charge in [-0.15, -0.1) is 0 Å². The van der Waals surface area contributed by atoms with E-state index in [1.165, 1.54) is 13.2 Å². The number of carbonyl (C=O) groups is 2. The average Bonchev–Trinajstić information content (AvgIpc) is 2.69. The van der Waals surface area contributed by atoms with E-state index >= 15 is 0 Å². The van der Waals surface area contributed by atoms with E-state index < -0.39 is 18.5 Å². The molecule has 0 spiro atoms. The average molecular weight is 440 g/mol. The predicted octanol–water partition coefficient (Wildman–Crippen LogP) is 5.22. The molecule has 0 saturated carbocycles. The number of esters is 1. The van der Waals surface area contributed by atoms with Crippen molar-refractivity contribution in [2.24, 2.45) is 5.92 Å². The highest BCUT2D eigenvalue weighted by Crippen LogP contribution is 2.30. The van der Waals surface area contributed by atoms with Crippen molar-refractivity contribution in [1.29, 1.82) is 0 Å². The SMILES string of the molecule is COc1cc(C(=O)OCC(=O)Nc2c(Cl)cccc2Cl)ccc1OCCC(C)C. The van der Waals surface area contributed by atoms with Gasteiger partial charge in [-0.25, -0.2) is 4.79 Å². The fourth-order valence-electron chi connectivity index (χ4n) is 2.33. The fourth-order valence-corrected chi connectivity index (χ4v) is 2.82. The summed E-state index contributed by atoms with van der Waals surface area (Å²) in [6.45, 7) is 4.27. The Kier molecular flexibility index (Phi) is 8.61. The number of benzene rings is 2. The number of halogens is 2. The molecule has 6 nitrogen and oxygen atoms in total. The van der Waals surface area contributed by atoms with Gasteiger partial charge in [0.15, 0.2) is 18.1 Å². The molecule has 0 fully saturated rings. The van der Waals surface area contributed by atoms with Gasteiger partial charge in [-0.2, -0.15) is 0 Å². The van der Waals surface area contributed by atoms with Crippen molar-refractivity contribution in [3.8, 4) is 11.5 Å². The molecule has 2 aromatic carbocycles. The van der Waals surface area contributed by atoms with Crippen molar-refractivity contribution < 1.29 is 23.8 Å². The lowest BCUT2D eigenvalue weighted by Crippen LogP contribution is -2.21. The lowest BCUT2D eigenvalue weighted by atomic mass is 10.1. The second kappa shape index (κ2) is 10.9. The van der Waals surface area contributed by atoms with Crippen LogP contribution in [-0.4, -0.2) is 32.2 Å². The molecule has 29 heavy (non-hydrogen) atoms. The van der Waals surface area contributed by atoms with E-state index in [-0.39, 0.29) is 21.3 Å². The number of para-hydroxylation sites is 1. The van der Waals surface area contributed by atoms with Crippen LogP contribution < -0.4 is 14.8 Å². The van der Waals surface area contributed by atoms with Crippen LogP contribution in [0.1, 0.15) is 30.6 Å². The Morgan fingerprint density at radius 3 is 2.38 bits per heavy atom. The number of amides is 1. The van der Waals surface area contributed by atoms with Gasteiger partial charge < -0.3 is 19.5 Å². The highest BCUT2D eigenvalue weighted by atomic mass is 35.5. The molecule has 2 rings (SSSR count). The summed E-state index contributed by atoms with van der Waals surface area (Å²) in [7, 11) is 1.49. The highest BCUT2D eigenvalue weighted by Gasteiger charge is 2.15. The first-order valence-corrected chi connectivity index (χ1v) is 9.79. The first kappa shape index (κ1) is 22.8. The van der Waals surface area contributed by atoms with E-state index in [4.69, 9.17) is 37.4 Å². The molecule has 8 heteroatoms. The summed E-state index contributed by atoms with van der Waals surface area (Å²) in [5.41, 5.74) is 0.503. The Bertz CT molecular complexity index is 850. The number of carbonyl (C=O) groups excluding carboxylic acids is 2. The topological polar surface area (TPSA) is 73.9 Å². The summed E-state index contributed by atoms with van der Waals surface area (Å²) in [6, 6.07) is 9.54. The highest BCUT2D eigenvalue weighted by molar-refractivity contribution is 6.39. The van der Waals surface area contributed by atoms with Crippen LogP contribution in [0.3, 0.4) is 0 Å². The van der Waals surface area contributed by atoms with Crippen molar-refractivity contribution in [3.63, 3.8) is 0 Å². The molecule has 0 aromatic heterocycles. The van der Waals surface area contributed by atoms with Gasteiger partial charge in [0, 0.05) is 0 Å². The zero-order chi connectivity index (χ0) is 21.4. The van der Waals surface area contributed by atoms with Crippen LogP contribution >= 0.6 is 23.2 Å². The van der Waals surface area contributed by atoms with E-state index in [1.807, 2.05) is 0 Å². The van der Waals surface area contributed by atoms with Crippen molar-refractivity contribution in [2.75, 3.05) is 25.6 Å². The van der Waals surface area contributed by atoms with Crippen LogP contribution in [0.4, 0.5) is 5.69 Å². The fraction of sp³-hybridized carbons (Fsp3) is 0.333. The molecule has 0 atom stereocenters. The van der Waals surface area contributed by atoms with Crippen molar-refractivity contribution in [1.82, 2.24) is 0 Å². The van der Waals surface area contributed by atoms with Gasteiger partial charge in [-0.05, 0) is 42.7 Å². The van der Waals surface area contributed by atoms with Crippen LogP contribution in [0.2, 0.25) is 10.0 Å². The van der Waals surface area contributed by atoms with Crippen molar-refractivity contribution >= 4 is 40.8 Å². The Morgan fingerprint density at radius 1 is 1.07 bits per heavy atom. The third-order valence-corrected chi connectivity index (χ3v) is 4.54. The molecular weight excluding hydrogens is 417 g/mol. The van der Waals surface area contributed by atoms with Crippen LogP contribution in [-0.2, 0) is 9.53 Å². The normalized spacial score (nSPS) is 10.6. The van der Waals surface area contributed by atoms with Gasteiger partial charge in [-0.1, -0.05) is 43.1 Å². The van der Waals surface area contributed by atoms with Crippen LogP contribution in [0.15, 0.2) is 36.4 Å². The standard InChI is InChI=1S/C21H23Cl2NO5/c1-13(2)9-10-28-17-8-7-14(11-18(17)27-3)21(26)29-12-19(25)24-20-15(22)5-4-6-16(20)23/h4-8,11,13H,9-10,12H2,1-3H3,(H,24,25). The molecule has 0 aliphatic heterocycles. The first-order valence-electron chi connectivity index (χ1n) is 9.03. The van der Waals surface area contributed by atoms with E-state index in [1.54, 1.807) is 30.3 Å². The molecule has 0 aliphatic carbocycles. The Labute approximate surface area is 180 Å². The van der Waals surface area contributed by atoms with Gasteiger partial charge in [0.25, 0.3) is 5.91 Å². The third kappa shape index (κ3) is 6.84. The van der Waals surface area contributed by atoms with Crippen molar-refractivity contribution in [2.45, 2.75) is 20.3 Å². The molecule has 0 saturated heterocycles. The summed E-state index contributed by atoms with van der Waals surface area (Å²) < 4.78 is 16.0. The number of methoxy groups -OCH3 is 1. The molecule has 156 valence electrons. The van der Waals surface area contributed by atoms with E-state index in [0.29, 0.717) is 24.0 Å². The molecule has 1 amide bonds. The van der Waals surface area contributed by atoms with E-state index in [9.17, 15) is 9.59 Å². The summed E-state index contributed by atoms with van der Waals surface area (Å²) in [6.07, 6.45) is 0.900. The van der Waals surface area contributed by atoms with Gasteiger partial charge in [0.05, 0.1) is 35.0 Å². The Morgan fingerprint density at radius 2 is 1.76 bits per heavy atom. The largest absolute Gasteiger partial charge is 0.493 e. The maximum Gasteiger partial charge on any atom is 0.338 e. The second-order valence-corrected chi connectivity index (χ2v) is 7.43. The summed E-state index contributed by atoms with van der Waals surface area (Å²) in [5.74, 6) is 0.236. The van der Waals surface area contributed by atoms with Gasteiger partial charge >= 0.3 is 5.97 Å². The Balaban J connectivity index is 1.95. The quantitative estimate of drug-likeness (QED) is 0.541. The first-order chi connectivity index (χ1) is 13.8. The molecule has 0 bridgehead atoms. The van der Waals surface area contributed by atoms with Crippen LogP contribution in [0, 0.1) is 5.92 Å². The molecule has 0 aliphatic rings. The van der Waals surface area contributed by atoms with E-state index in [0.717, 1.165) is 6.42 Å². The lowest BCUT2D eigenvalue weighted by molar-refractivity contribution is -0.119. The number of anilines is 1. The summed E-state index contributed by atoms with van der Waals surface area (Å²) in [4.78, 5) is 24.3. The van der Waals surface area contributed by atoms with Crippen LogP contribution in [0.5, 0.6) is 11.5 Å². The Hall–Kier alpha value is -2.44. The number of hydrogen-bond acceptors (Lipinski definition) is 5. The predicted molar refractivity (Wildman–Crippen MR) is 113 cm³/mol. The maximum absolute atomic E-state index is 12.3. The number of hydrogen-bond donors (Lipinski definition) is 1. The summed E-state index contributed by atoms with van der Waals surface area (Å²) in [5, 5.41) is 3.10. The lowest BCUT2D eigenvalue weighted by Gasteiger charge is -2.13. The van der Waals surface area contributed by atoms with Gasteiger partial charge in [0.2, 0.25) is 0 Å². The summed E-state index contributed by atoms with van der Waals surface area (Å²) >= 11 is 12.0. The minimum Gasteiger partial charge on any atom is -0.493 e.